The Morgan fingerprint density at radius 3 is 2.79 bits per heavy atom. The molecule has 4 nitrogen and oxygen atoms in total. The Kier molecular flexibility index (Phi) is 2.23. The molecule has 0 aliphatic carbocycles. The first-order valence-corrected chi connectivity index (χ1v) is 4.42. The number of hydrogen-bond donors (Lipinski definition) is 3. The summed E-state index contributed by atoms with van der Waals surface area (Å²) in [5.41, 5.74) is 1.06. The van der Waals surface area contributed by atoms with E-state index < -0.39 is 12.1 Å². The highest BCUT2D eigenvalue weighted by atomic mass is 16.3. The third-order valence-corrected chi connectivity index (χ3v) is 2.42. The number of rotatable bonds is 1. The second kappa shape index (κ2) is 3.40. The van der Waals surface area contributed by atoms with Crippen LogP contribution in [0, 0.1) is 0 Å². The summed E-state index contributed by atoms with van der Waals surface area (Å²) in [5, 5.41) is 21.2. The molecule has 3 N–H and O–H groups in total. The monoisotopic (exact) mass is 193 g/mol. The van der Waals surface area contributed by atoms with Gasteiger partial charge in [-0.3, -0.25) is 4.79 Å². The first-order chi connectivity index (χ1) is 6.74. The van der Waals surface area contributed by atoms with Crippen molar-refractivity contribution in [2.24, 2.45) is 0 Å². The summed E-state index contributed by atoms with van der Waals surface area (Å²) in [4.78, 5) is 11.5. The van der Waals surface area contributed by atoms with Crippen LogP contribution in [0.1, 0.15) is 22.0 Å². The summed E-state index contributed by atoms with van der Waals surface area (Å²) < 4.78 is 0. The highest BCUT2D eigenvalue weighted by molar-refractivity contribution is 5.97. The van der Waals surface area contributed by atoms with E-state index in [0.717, 1.165) is 0 Å². The smallest absolute Gasteiger partial charge is 0.252 e. The summed E-state index contributed by atoms with van der Waals surface area (Å²) in [7, 11) is 0. The van der Waals surface area contributed by atoms with Crippen molar-refractivity contribution in [3.05, 3.63) is 35.4 Å². The topological polar surface area (TPSA) is 69.6 Å². The SMILES string of the molecule is O=C1N[C@@H](CO)[C@@H](O)c2ccccc21. The lowest BCUT2D eigenvalue weighted by Gasteiger charge is -2.29. The Labute approximate surface area is 81.2 Å². The van der Waals surface area contributed by atoms with Gasteiger partial charge in [0.25, 0.3) is 5.91 Å². The standard InChI is InChI=1S/C10H11NO3/c12-5-8-9(13)6-3-1-2-4-7(6)10(14)11-8/h1-4,8-9,12-13H,5H2,(H,11,14)/t8-,9-/m0/s1. The van der Waals surface area contributed by atoms with Gasteiger partial charge >= 0.3 is 0 Å². The third-order valence-electron chi connectivity index (χ3n) is 2.42. The molecule has 1 aromatic rings. The van der Waals surface area contributed by atoms with Crippen LogP contribution in [-0.4, -0.2) is 28.8 Å². The summed E-state index contributed by atoms with van der Waals surface area (Å²) in [6.07, 6.45) is -0.825. The zero-order chi connectivity index (χ0) is 10.1. The molecule has 2 atom stereocenters. The Hall–Kier alpha value is -1.39. The van der Waals surface area contributed by atoms with Crippen LogP contribution in [-0.2, 0) is 0 Å². The molecular weight excluding hydrogens is 182 g/mol. The van der Waals surface area contributed by atoms with Crippen molar-refractivity contribution in [3.8, 4) is 0 Å². The van der Waals surface area contributed by atoms with Gasteiger partial charge < -0.3 is 15.5 Å². The van der Waals surface area contributed by atoms with E-state index in [1.807, 2.05) is 0 Å². The summed E-state index contributed by atoms with van der Waals surface area (Å²) in [6, 6.07) is 6.25. The number of nitrogens with one attached hydrogen (secondary N) is 1. The highest BCUT2D eigenvalue weighted by Gasteiger charge is 2.31. The number of benzene rings is 1. The number of aliphatic hydroxyl groups excluding tert-OH is 2. The molecule has 74 valence electrons. The molecule has 1 heterocycles. The molecule has 0 spiro atoms. The van der Waals surface area contributed by atoms with E-state index >= 15 is 0 Å². The normalized spacial score (nSPS) is 25.4. The van der Waals surface area contributed by atoms with Gasteiger partial charge in [-0.05, 0) is 11.6 Å². The maximum Gasteiger partial charge on any atom is 0.252 e. The fraction of sp³-hybridized carbons (Fsp3) is 0.300. The number of amides is 1. The molecule has 1 aliphatic heterocycles. The van der Waals surface area contributed by atoms with Gasteiger partial charge in [0.1, 0.15) is 6.10 Å². The van der Waals surface area contributed by atoms with Gasteiger partial charge in [-0.15, -0.1) is 0 Å². The van der Waals surface area contributed by atoms with Crippen LogP contribution in [0.5, 0.6) is 0 Å². The van der Waals surface area contributed by atoms with Crippen molar-refractivity contribution in [2.45, 2.75) is 12.1 Å². The molecule has 4 heteroatoms. The highest BCUT2D eigenvalue weighted by Crippen LogP contribution is 2.25. The zero-order valence-electron chi connectivity index (χ0n) is 7.47. The third kappa shape index (κ3) is 1.29. The van der Waals surface area contributed by atoms with Crippen LogP contribution in [0.3, 0.4) is 0 Å². The first kappa shape index (κ1) is 9.18. The van der Waals surface area contributed by atoms with Gasteiger partial charge in [0, 0.05) is 5.56 Å². The molecule has 0 saturated heterocycles. The molecule has 0 aromatic heterocycles. The fourth-order valence-electron chi connectivity index (χ4n) is 1.65. The summed E-state index contributed by atoms with van der Waals surface area (Å²) >= 11 is 0. The van der Waals surface area contributed by atoms with Gasteiger partial charge in [-0.2, -0.15) is 0 Å². The maximum atomic E-state index is 11.5. The van der Waals surface area contributed by atoms with Crippen molar-refractivity contribution >= 4 is 5.91 Å². The predicted molar refractivity (Wildman–Crippen MR) is 49.7 cm³/mol. The van der Waals surface area contributed by atoms with Gasteiger partial charge in [-0.25, -0.2) is 0 Å². The second-order valence-corrected chi connectivity index (χ2v) is 3.29. The van der Waals surface area contributed by atoms with Gasteiger partial charge in [0.15, 0.2) is 0 Å². The molecular formula is C10H11NO3. The first-order valence-electron chi connectivity index (χ1n) is 4.42. The summed E-state index contributed by atoms with van der Waals surface area (Å²) in [5.74, 6) is -0.245. The van der Waals surface area contributed by atoms with Crippen molar-refractivity contribution in [2.75, 3.05) is 6.61 Å². The van der Waals surface area contributed by atoms with E-state index in [-0.39, 0.29) is 12.5 Å². The predicted octanol–water partition coefficient (Wildman–Crippen LogP) is -0.176. The van der Waals surface area contributed by atoms with E-state index in [1.165, 1.54) is 0 Å². The van der Waals surface area contributed by atoms with E-state index in [2.05, 4.69) is 5.32 Å². The van der Waals surface area contributed by atoms with E-state index in [0.29, 0.717) is 11.1 Å². The second-order valence-electron chi connectivity index (χ2n) is 3.29. The molecule has 1 aliphatic rings. The lowest BCUT2D eigenvalue weighted by Crippen LogP contribution is -2.46. The van der Waals surface area contributed by atoms with Crippen molar-refractivity contribution in [1.82, 2.24) is 5.32 Å². The largest absolute Gasteiger partial charge is 0.394 e. The lowest BCUT2D eigenvalue weighted by molar-refractivity contribution is 0.0625. The maximum absolute atomic E-state index is 11.5. The van der Waals surface area contributed by atoms with Crippen molar-refractivity contribution in [3.63, 3.8) is 0 Å². The van der Waals surface area contributed by atoms with Crippen LogP contribution in [0.4, 0.5) is 0 Å². The minimum absolute atomic E-state index is 0.245. The van der Waals surface area contributed by atoms with Crippen molar-refractivity contribution < 1.29 is 15.0 Å². The Bertz CT molecular complexity index is 364. The summed E-state index contributed by atoms with van der Waals surface area (Å²) in [6.45, 7) is -0.263. The molecule has 0 unspecified atom stereocenters. The van der Waals surface area contributed by atoms with Crippen LogP contribution in [0.25, 0.3) is 0 Å². The zero-order valence-corrected chi connectivity index (χ0v) is 7.47. The molecule has 1 aromatic carbocycles. The minimum atomic E-state index is -0.825. The fourth-order valence-corrected chi connectivity index (χ4v) is 1.65. The van der Waals surface area contributed by atoms with Crippen LogP contribution in [0.2, 0.25) is 0 Å². The molecule has 0 bridgehead atoms. The Morgan fingerprint density at radius 1 is 1.36 bits per heavy atom. The molecule has 0 fully saturated rings. The lowest BCUT2D eigenvalue weighted by atomic mass is 9.93. The number of carbonyl (C=O) groups excluding carboxylic acids is 1. The van der Waals surface area contributed by atoms with E-state index in [4.69, 9.17) is 5.11 Å². The quantitative estimate of drug-likeness (QED) is 0.579. The Balaban J connectivity index is 2.46. The van der Waals surface area contributed by atoms with E-state index in [1.54, 1.807) is 24.3 Å². The molecule has 0 saturated carbocycles. The van der Waals surface area contributed by atoms with Crippen molar-refractivity contribution in [1.29, 1.82) is 0 Å². The molecule has 1 amide bonds. The van der Waals surface area contributed by atoms with E-state index in [9.17, 15) is 9.90 Å². The van der Waals surface area contributed by atoms with Crippen LogP contribution >= 0.6 is 0 Å². The van der Waals surface area contributed by atoms with Gasteiger partial charge in [0.05, 0.1) is 12.6 Å². The Morgan fingerprint density at radius 2 is 2.07 bits per heavy atom. The number of fused-ring (bicyclic) bond motifs is 1. The van der Waals surface area contributed by atoms with Crippen LogP contribution in [0.15, 0.2) is 24.3 Å². The molecule has 2 rings (SSSR count). The molecule has 0 radical (unpaired) electrons. The number of carbonyl (C=O) groups is 1. The number of hydrogen-bond acceptors (Lipinski definition) is 3. The minimum Gasteiger partial charge on any atom is -0.394 e. The van der Waals surface area contributed by atoms with Gasteiger partial charge in [-0.1, -0.05) is 18.2 Å². The molecule has 14 heavy (non-hydrogen) atoms. The van der Waals surface area contributed by atoms with Gasteiger partial charge in [0.2, 0.25) is 0 Å². The number of aliphatic hydroxyl groups is 2. The van der Waals surface area contributed by atoms with Crippen LogP contribution < -0.4 is 5.32 Å². The average Bonchev–Trinajstić information content (AvgIpc) is 2.23. The average molecular weight is 193 g/mol.